The third-order valence-electron chi connectivity index (χ3n) is 5.70. The van der Waals surface area contributed by atoms with E-state index in [0.29, 0.717) is 0 Å². The highest BCUT2D eigenvalue weighted by Crippen LogP contribution is 2.30. The second-order valence-electron chi connectivity index (χ2n) is 8.79. The number of unbranched alkanes of at least 4 members (excludes halogenated alkanes) is 18. The molecule has 5 heteroatoms. The zero-order valence-electron chi connectivity index (χ0n) is 20.7. The maximum atomic E-state index is 10.9. The number of nitro groups is 1. The molecule has 184 valence electrons. The summed E-state index contributed by atoms with van der Waals surface area (Å²) in [4.78, 5) is 10.6. The highest BCUT2D eigenvalue weighted by atomic mass is 32.2. The maximum absolute atomic E-state index is 10.9. The summed E-state index contributed by atoms with van der Waals surface area (Å²) in [7, 11) is 0. The Kier molecular flexibility index (Phi) is 26.0. The van der Waals surface area contributed by atoms with Gasteiger partial charge in [0, 0.05) is 0 Å². The fourth-order valence-electron chi connectivity index (χ4n) is 3.73. The molecule has 0 saturated heterocycles. The molecule has 31 heavy (non-hydrogen) atoms. The molecule has 0 unspecified atom stereocenters. The predicted molar refractivity (Wildman–Crippen MR) is 144 cm³/mol. The van der Waals surface area contributed by atoms with E-state index >= 15 is 0 Å². The van der Waals surface area contributed by atoms with Crippen LogP contribution < -0.4 is 0 Å². The van der Waals surface area contributed by atoms with Gasteiger partial charge in [0.15, 0.2) is 0 Å². The molecule has 0 fully saturated rings. The standard InChI is InChI=1S/C26H51NO2S2/c1-3-5-7-9-11-13-15-17-19-21-23-30-26(25-27(28)29)31-24-22-20-18-16-14-12-10-8-6-4-2/h25H,3-24H2,1-2H3. The zero-order chi connectivity index (χ0) is 22.8. The molecular weight excluding hydrogens is 422 g/mol. The lowest BCUT2D eigenvalue weighted by Gasteiger charge is -2.06. The first-order valence-electron chi connectivity index (χ1n) is 13.3. The molecule has 0 N–H and O–H groups in total. The van der Waals surface area contributed by atoms with Crippen LogP contribution in [0.3, 0.4) is 0 Å². The van der Waals surface area contributed by atoms with E-state index in [0.717, 1.165) is 15.7 Å². The van der Waals surface area contributed by atoms with Crippen molar-refractivity contribution < 1.29 is 4.92 Å². The minimum atomic E-state index is -0.285. The van der Waals surface area contributed by atoms with Crippen molar-refractivity contribution in [3.63, 3.8) is 0 Å². The molecule has 0 saturated carbocycles. The molecule has 0 aliphatic rings. The van der Waals surface area contributed by atoms with Gasteiger partial charge in [0.1, 0.15) is 4.24 Å². The van der Waals surface area contributed by atoms with Crippen LogP contribution in [0.2, 0.25) is 0 Å². The van der Waals surface area contributed by atoms with Crippen LogP contribution >= 0.6 is 23.5 Å². The molecule has 0 aliphatic carbocycles. The SMILES string of the molecule is CCCCCCCCCCCCSC(=C[N+](=O)[O-])SCCCCCCCCCCCC. The Bertz CT molecular complexity index is 388. The minimum Gasteiger partial charge on any atom is -0.259 e. The molecule has 0 bridgehead atoms. The van der Waals surface area contributed by atoms with E-state index in [-0.39, 0.29) is 4.92 Å². The Balaban J connectivity index is 3.59. The first-order valence-corrected chi connectivity index (χ1v) is 15.3. The first-order chi connectivity index (χ1) is 15.2. The minimum absolute atomic E-state index is 0.285. The van der Waals surface area contributed by atoms with Gasteiger partial charge in [0.25, 0.3) is 6.20 Å². The number of hydrogen-bond acceptors (Lipinski definition) is 4. The van der Waals surface area contributed by atoms with Gasteiger partial charge in [-0.15, -0.1) is 23.5 Å². The summed E-state index contributed by atoms with van der Waals surface area (Å²) < 4.78 is 0.900. The number of rotatable bonds is 25. The lowest BCUT2D eigenvalue weighted by atomic mass is 10.1. The lowest BCUT2D eigenvalue weighted by molar-refractivity contribution is -0.402. The van der Waals surface area contributed by atoms with E-state index in [1.165, 1.54) is 135 Å². The summed E-state index contributed by atoms with van der Waals surface area (Å²) in [6.45, 7) is 4.53. The molecule has 0 amide bonds. The van der Waals surface area contributed by atoms with Crippen LogP contribution in [0.4, 0.5) is 0 Å². The van der Waals surface area contributed by atoms with Crippen molar-refractivity contribution in [1.82, 2.24) is 0 Å². The van der Waals surface area contributed by atoms with Crippen LogP contribution in [0.1, 0.15) is 142 Å². The van der Waals surface area contributed by atoms with Gasteiger partial charge in [-0.2, -0.15) is 0 Å². The van der Waals surface area contributed by atoms with Crippen LogP contribution in [0, 0.1) is 10.1 Å². The van der Waals surface area contributed by atoms with E-state index in [9.17, 15) is 10.1 Å². The van der Waals surface area contributed by atoms with Gasteiger partial charge in [-0.25, -0.2) is 0 Å². The van der Waals surface area contributed by atoms with Crippen molar-refractivity contribution >= 4 is 23.5 Å². The van der Waals surface area contributed by atoms with Crippen LogP contribution in [0.5, 0.6) is 0 Å². The Labute approximate surface area is 202 Å². The Morgan fingerprint density at radius 3 is 1.16 bits per heavy atom. The lowest BCUT2D eigenvalue weighted by Crippen LogP contribution is -1.90. The zero-order valence-corrected chi connectivity index (χ0v) is 22.3. The van der Waals surface area contributed by atoms with E-state index in [1.54, 1.807) is 23.5 Å². The van der Waals surface area contributed by atoms with Gasteiger partial charge in [-0.3, -0.25) is 10.1 Å². The Morgan fingerprint density at radius 2 is 0.871 bits per heavy atom. The van der Waals surface area contributed by atoms with Gasteiger partial charge in [-0.05, 0) is 24.3 Å². The van der Waals surface area contributed by atoms with Crippen molar-refractivity contribution in [2.24, 2.45) is 0 Å². The third kappa shape index (κ3) is 26.0. The normalized spacial score (nSPS) is 11.0. The fraction of sp³-hybridized carbons (Fsp3) is 0.923. The highest BCUT2D eigenvalue weighted by Gasteiger charge is 2.05. The average molecular weight is 474 g/mol. The van der Waals surface area contributed by atoms with Gasteiger partial charge >= 0.3 is 0 Å². The van der Waals surface area contributed by atoms with Gasteiger partial charge < -0.3 is 0 Å². The van der Waals surface area contributed by atoms with Crippen LogP contribution in [-0.2, 0) is 0 Å². The smallest absolute Gasteiger partial charge is 0.254 e. The summed E-state index contributed by atoms with van der Waals surface area (Å²) in [6.07, 6.45) is 27.9. The summed E-state index contributed by atoms with van der Waals surface area (Å²) in [5.41, 5.74) is 0. The first kappa shape index (κ1) is 30.8. The molecular formula is C26H51NO2S2. The van der Waals surface area contributed by atoms with Gasteiger partial charge in [0.05, 0.1) is 4.92 Å². The summed E-state index contributed by atoms with van der Waals surface area (Å²) in [5, 5.41) is 10.9. The van der Waals surface area contributed by atoms with Crippen molar-refractivity contribution in [2.75, 3.05) is 11.5 Å². The molecule has 0 heterocycles. The molecule has 0 aromatic heterocycles. The topological polar surface area (TPSA) is 43.1 Å². The molecule has 3 nitrogen and oxygen atoms in total. The fourth-order valence-corrected chi connectivity index (χ4v) is 5.98. The van der Waals surface area contributed by atoms with E-state index in [2.05, 4.69) is 13.8 Å². The van der Waals surface area contributed by atoms with E-state index in [4.69, 9.17) is 0 Å². The molecule has 0 radical (unpaired) electrons. The summed E-state index contributed by atoms with van der Waals surface area (Å²) in [6, 6.07) is 0. The largest absolute Gasteiger partial charge is 0.259 e. The average Bonchev–Trinajstić information content (AvgIpc) is 2.75. The summed E-state index contributed by atoms with van der Waals surface area (Å²) in [5.74, 6) is 2.03. The number of hydrogen-bond donors (Lipinski definition) is 0. The third-order valence-corrected chi connectivity index (χ3v) is 8.17. The van der Waals surface area contributed by atoms with Crippen LogP contribution in [-0.4, -0.2) is 16.4 Å². The van der Waals surface area contributed by atoms with Crippen molar-refractivity contribution in [1.29, 1.82) is 0 Å². The summed E-state index contributed by atoms with van der Waals surface area (Å²) >= 11 is 3.38. The van der Waals surface area contributed by atoms with E-state index in [1.807, 2.05) is 0 Å². The van der Waals surface area contributed by atoms with Crippen molar-refractivity contribution in [3.8, 4) is 0 Å². The molecule has 0 aromatic carbocycles. The Morgan fingerprint density at radius 1 is 0.581 bits per heavy atom. The number of thioether (sulfide) groups is 2. The molecule has 0 aromatic rings. The molecule has 0 spiro atoms. The van der Waals surface area contributed by atoms with Crippen LogP contribution in [0.15, 0.2) is 10.4 Å². The molecule has 0 atom stereocenters. The van der Waals surface area contributed by atoms with Crippen LogP contribution in [0.25, 0.3) is 0 Å². The quantitative estimate of drug-likeness (QED) is 0.0751. The predicted octanol–water partition coefficient (Wildman–Crippen LogP) is 10.4. The van der Waals surface area contributed by atoms with Gasteiger partial charge in [-0.1, -0.05) is 129 Å². The van der Waals surface area contributed by atoms with Crippen molar-refractivity contribution in [2.45, 2.75) is 142 Å². The maximum Gasteiger partial charge on any atom is 0.254 e. The van der Waals surface area contributed by atoms with Gasteiger partial charge in [0.2, 0.25) is 0 Å². The molecule has 0 rings (SSSR count). The number of nitrogens with zero attached hydrogens (tertiary/aromatic N) is 1. The van der Waals surface area contributed by atoms with E-state index < -0.39 is 0 Å². The second kappa shape index (κ2) is 26.1. The van der Waals surface area contributed by atoms with Crippen molar-refractivity contribution in [3.05, 3.63) is 20.6 Å². The Hall–Kier alpha value is -0.160. The molecule has 0 aliphatic heterocycles. The monoisotopic (exact) mass is 473 g/mol. The second-order valence-corrected chi connectivity index (χ2v) is 11.3. The highest BCUT2D eigenvalue weighted by molar-refractivity contribution is 8.22.